The molecule has 0 radical (unpaired) electrons. The van der Waals surface area contributed by atoms with Crippen molar-refractivity contribution in [3.8, 4) is 6.07 Å². The molecule has 0 aliphatic carbocycles. The van der Waals surface area contributed by atoms with Crippen molar-refractivity contribution in [2.24, 2.45) is 0 Å². The summed E-state index contributed by atoms with van der Waals surface area (Å²) in [5, 5.41) is 12.3. The number of halogens is 3. The second-order valence-corrected chi connectivity index (χ2v) is 4.36. The zero-order valence-electron chi connectivity index (χ0n) is 11.2. The largest absolute Gasteiger partial charge is 0.391 e. The van der Waals surface area contributed by atoms with Crippen LogP contribution in [0.3, 0.4) is 0 Å². The van der Waals surface area contributed by atoms with Crippen LogP contribution in [0.15, 0.2) is 30.3 Å². The van der Waals surface area contributed by atoms with E-state index in [1.165, 1.54) is 0 Å². The van der Waals surface area contributed by atoms with Gasteiger partial charge in [-0.3, -0.25) is 5.32 Å². The number of ether oxygens (including phenoxy) is 1. The maximum Gasteiger partial charge on any atom is 0.391 e. The summed E-state index contributed by atoms with van der Waals surface area (Å²) in [5.74, 6) is 0. The lowest BCUT2D eigenvalue weighted by molar-refractivity contribution is -0.145. The third-order valence-electron chi connectivity index (χ3n) is 3.04. The number of nitrogens with zero attached hydrogens (tertiary/aromatic N) is 1. The standard InChI is InChI=1S/C14H17F3N2O/c1-19-13(11-18,12-5-3-2-4-6-12)7-9-20-10-8-14(15,16)17/h2-6,19H,7-10H2,1H3. The van der Waals surface area contributed by atoms with E-state index in [1.54, 1.807) is 19.2 Å². The molecular weight excluding hydrogens is 269 g/mol. The third-order valence-corrected chi connectivity index (χ3v) is 3.04. The highest BCUT2D eigenvalue weighted by atomic mass is 19.4. The number of hydrogen-bond acceptors (Lipinski definition) is 3. The average Bonchev–Trinajstić information content (AvgIpc) is 2.43. The Morgan fingerprint density at radius 2 is 1.75 bits per heavy atom. The van der Waals surface area contributed by atoms with Gasteiger partial charge in [0.1, 0.15) is 5.54 Å². The van der Waals surface area contributed by atoms with Gasteiger partial charge in [0, 0.05) is 13.0 Å². The molecule has 0 saturated carbocycles. The van der Waals surface area contributed by atoms with Gasteiger partial charge in [0.15, 0.2) is 0 Å². The Labute approximate surface area is 116 Å². The minimum Gasteiger partial charge on any atom is -0.381 e. The molecule has 110 valence electrons. The van der Waals surface area contributed by atoms with Gasteiger partial charge in [0.25, 0.3) is 0 Å². The highest BCUT2D eigenvalue weighted by molar-refractivity contribution is 5.31. The van der Waals surface area contributed by atoms with Crippen LogP contribution in [0.4, 0.5) is 13.2 Å². The predicted octanol–water partition coefficient (Wildman–Crippen LogP) is 2.98. The van der Waals surface area contributed by atoms with Gasteiger partial charge in [-0.1, -0.05) is 30.3 Å². The molecule has 0 amide bonds. The van der Waals surface area contributed by atoms with E-state index in [0.29, 0.717) is 0 Å². The molecule has 0 spiro atoms. The minimum atomic E-state index is -4.21. The maximum atomic E-state index is 12.0. The molecule has 0 aliphatic heterocycles. The monoisotopic (exact) mass is 286 g/mol. The molecule has 1 unspecified atom stereocenters. The summed E-state index contributed by atoms with van der Waals surface area (Å²) in [7, 11) is 1.64. The third kappa shape index (κ3) is 4.83. The Bertz CT molecular complexity index is 442. The fourth-order valence-corrected chi connectivity index (χ4v) is 1.83. The van der Waals surface area contributed by atoms with Gasteiger partial charge >= 0.3 is 6.18 Å². The van der Waals surface area contributed by atoms with Crippen molar-refractivity contribution in [2.45, 2.75) is 24.6 Å². The molecular formula is C14H17F3N2O. The molecule has 1 atom stereocenters. The van der Waals surface area contributed by atoms with Gasteiger partial charge in [0.05, 0.1) is 19.1 Å². The number of benzene rings is 1. The molecule has 1 rings (SSSR count). The molecule has 3 nitrogen and oxygen atoms in total. The van der Waals surface area contributed by atoms with Crippen molar-refractivity contribution >= 4 is 0 Å². The number of hydrogen-bond donors (Lipinski definition) is 1. The Balaban J connectivity index is 2.55. The molecule has 6 heteroatoms. The molecule has 0 fully saturated rings. The lowest BCUT2D eigenvalue weighted by Gasteiger charge is -2.26. The Morgan fingerprint density at radius 1 is 1.15 bits per heavy atom. The van der Waals surface area contributed by atoms with Crippen LogP contribution >= 0.6 is 0 Å². The highest BCUT2D eigenvalue weighted by Crippen LogP contribution is 2.24. The molecule has 0 aromatic heterocycles. The minimum absolute atomic E-state index is 0.0827. The molecule has 0 saturated heterocycles. The summed E-state index contributed by atoms with van der Waals surface area (Å²) < 4.78 is 40.9. The summed E-state index contributed by atoms with van der Waals surface area (Å²) in [6.07, 6.45) is -4.91. The van der Waals surface area contributed by atoms with Gasteiger partial charge in [0.2, 0.25) is 0 Å². The van der Waals surface area contributed by atoms with Crippen LogP contribution in [0.5, 0.6) is 0 Å². The van der Waals surface area contributed by atoms with E-state index in [-0.39, 0.29) is 19.6 Å². The SMILES string of the molecule is CNC(C#N)(CCOCCC(F)(F)F)c1ccccc1. The van der Waals surface area contributed by atoms with Gasteiger partial charge in [-0.2, -0.15) is 18.4 Å². The lowest BCUT2D eigenvalue weighted by atomic mass is 9.88. The van der Waals surface area contributed by atoms with E-state index in [4.69, 9.17) is 4.74 Å². The van der Waals surface area contributed by atoms with Crippen LogP contribution in [0, 0.1) is 11.3 Å². The number of alkyl halides is 3. The van der Waals surface area contributed by atoms with Crippen molar-refractivity contribution < 1.29 is 17.9 Å². The van der Waals surface area contributed by atoms with E-state index in [2.05, 4.69) is 11.4 Å². The molecule has 20 heavy (non-hydrogen) atoms. The zero-order valence-corrected chi connectivity index (χ0v) is 11.2. The van der Waals surface area contributed by atoms with E-state index >= 15 is 0 Å². The second kappa shape index (κ2) is 7.27. The summed E-state index contributed by atoms with van der Waals surface area (Å²) in [5.41, 5.74) is -0.177. The van der Waals surface area contributed by atoms with E-state index in [1.807, 2.05) is 18.2 Å². The van der Waals surface area contributed by atoms with E-state index in [9.17, 15) is 18.4 Å². The van der Waals surface area contributed by atoms with Crippen molar-refractivity contribution in [1.82, 2.24) is 5.32 Å². The summed E-state index contributed by atoms with van der Waals surface area (Å²) in [6.45, 7) is -0.303. The molecule has 1 aromatic rings. The summed E-state index contributed by atoms with van der Waals surface area (Å²) >= 11 is 0. The number of nitrogens with one attached hydrogen (secondary N) is 1. The number of rotatable bonds is 7. The predicted molar refractivity (Wildman–Crippen MR) is 68.9 cm³/mol. The van der Waals surface area contributed by atoms with Crippen LogP contribution in [0.25, 0.3) is 0 Å². The van der Waals surface area contributed by atoms with Gasteiger partial charge in [-0.25, -0.2) is 0 Å². The fourth-order valence-electron chi connectivity index (χ4n) is 1.83. The Morgan fingerprint density at radius 3 is 2.25 bits per heavy atom. The van der Waals surface area contributed by atoms with E-state index in [0.717, 1.165) is 5.56 Å². The maximum absolute atomic E-state index is 12.0. The Hall–Kier alpha value is -1.58. The highest BCUT2D eigenvalue weighted by Gasteiger charge is 2.30. The molecule has 0 aliphatic rings. The van der Waals surface area contributed by atoms with Gasteiger partial charge in [-0.05, 0) is 12.6 Å². The fraction of sp³-hybridized carbons (Fsp3) is 0.500. The van der Waals surface area contributed by atoms with Crippen molar-refractivity contribution in [1.29, 1.82) is 5.26 Å². The van der Waals surface area contributed by atoms with Gasteiger partial charge < -0.3 is 4.74 Å². The van der Waals surface area contributed by atoms with Crippen LogP contribution in [0.2, 0.25) is 0 Å². The average molecular weight is 286 g/mol. The van der Waals surface area contributed by atoms with Crippen molar-refractivity contribution in [3.63, 3.8) is 0 Å². The normalized spacial score (nSPS) is 14.6. The number of nitriles is 1. The van der Waals surface area contributed by atoms with Crippen LogP contribution in [0.1, 0.15) is 18.4 Å². The van der Waals surface area contributed by atoms with Crippen LogP contribution < -0.4 is 5.32 Å². The molecule has 0 heterocycles. The van der Waals surface area contributed by atoms with Crippen LogP contribution in [-0.2, 0) is 10.3 Å². The first-order valence-electron chi connectivity index (χ1n) is 6.24. The smallest absolute Gasteiger partial charge is 0.381 e. The lowest BCUT2D eigenvalue weighted by Crippen LogP contribution is -2.39. The quantitative estimate of drug-likeness (QED) is 0.784. The van der Waals surface area contributed by atoms with Gasteiger partial charge in [-0.15, -0.1) is 0 Å². The summed E-state index contributed by atoms with van der Waals surface area (Å²) in [6, 6.07) is 11.2. The summed E-state index contributed by atoms with van der Waals surface area (Å²) in [4.78, 5) is 0. The molecule has 0 bridgehead atoms. The topological polar surface area (TPSA) is 45.0 Å². The molecule has 1 aromatic carbocycles. The van der Waals surface area contributed by atoms with Crippen molar-refractivity contribution in [3.05, 3.63) is 35.9 Å². The zero-order chi connectivity index (χ0) is 15.1. The first-order valence-corrected chi connectivity index (χ1v) is 6.24. The van der Waals surface area contributed by atoms with Crippen molar-refractivity contribution in [2.75, 3.05) is 20.3 Å². The second-order valence-electron chi connectivity index (χ2n) is 4.36. The Kier molecular flexibility index (Phi) is 5.99. The first-order chi connectivity index (χ1) is 9.43. The first kappa shape index (κ1) is 16.5. The molecule has 1 N–H and O–H groups in total. The van der Waals surface area contributed by atoms with E-state index < -0.39 is 18.1 Å². The van der Waals surface area contributed by atoms with Crippen LogP contribution in [-0.4, -0.2) is 26.4 Å².